The molecule has 0 aliphatic heterocycles. The standard InChI is InChI=1S/C18H20N4OS/c1-12-5-6-17(23-4)15(8-12)11-24-18-19-20-21-22(18)16-9-13(2)7-14(3)10-16/h5-10H,11H2,1-4H3. The van der Waals surface area contributed by atoms with Gasteiger partial charge in [-0.25, -0.2) is 0 Å². The molecule has 3 rings (SSSR count). The van der Waals surface area contributed by atoms with E-state index in [0.717, 1.165) is 27.9 Å². The number of ether oxygens (including phenoxy) is 1. The number of benzene rings is 2. The van der Waals surface area contributed by atoms with Crippen LogP contribution in [0.15, 0.2) is 41.6 Å². The number of nitrogens with zero attached hydrogens (tertiary/aromatic N) is 4. The zero-order valence-electron chi connectivity index (χ0n) is 14.3. The lowest BCUT2D eigenvalue weighted by molar-refractivity contribution is 0.411. The molecule has 0 aliphatic carbocycles. The molecule has 0 aliphatic rings. The van der Waals surface area contributed by atoms with Gasteiger partial charge in [0.15, 0.2) is 0 Å². The molecule has 3 aromatic rings. The van der Waals surface area contributed by atoms with Crippen LogP contribution in [0.4, 0.5) is 0 Å². The van der Waals surface area contributed by atoms with Crippen molar-refractivity contribution in [1.29, 1.82) is 0 Å². The summed E-state index contributed by atoms with van der Waals surface area (Å²) in [5.74, 6) is 1.63. The second kappa shape index (κ2) is 7.05. The van der Waals surface area contributed by atoms with E-state index in [1.165, 1.54) is 16.7 Å². The van der Waals surface area contributed by atoms with Gasteiger partial charge in [-0.3, -0.25) is 0 Å². The number of rotatable bonds is 5. The third-order valence-electron chi connectivity index (χ3n) is 3.68. The molecule has 0 bridgehead atoms. The predicted molar refractivity (Wildman–Crippen MR) is 95.9 cm³/mol. The van der Waals surface area contributed by atoms with E-state index >= 15 is 0 Å². The van der Waals surface area contributed by atoms with Crippen LogP contribution in [0.3, 0.4) is 0 Å². The third-order valence-corrected chi connectivity index (χ3v) is 4.65. The van der Waals surface area contributed by atoms with Crippen molar-refractivity contribution in [2.75, 3.05) is 7.11 Å². The Morgan fingerprint density at radius 1 is 1.00 bits per heavy atom. The molecule has 1 heterocycles. The predicted octanol–water partition coefficient (Wildman–Crippen LogP) is 3.89. The second-order valence-corrected chi connectivity index (χ2v) is 6.77. The maximum Gasteiger partial charge on any atom is 0.214 e. The quantitative estimate of drug-likeness (QED) is 0.660. The molecule has 1 aromatic heterocycles. The van der Waals surface area contributed by atoms with Crippen LogP contribution in [0.2, 0.25) is 0 Å². The number of methoxy groups -OCH3 is 1. The highest BCUT2D eigenvalue weighted by Crippen LogP contribution is 2.28. The molecular formula is C18H20N4OS. The number of hydrogen-bond donors (Lipinski definition) is 0. The Balaban J connectivity index is 1.85. The van der Waals surface area contributed by atoms with Crippen molar-refractivity contribution in [3.63, 3.8) is 0 Å². The van der Waals surface area contributed by atoms with Gasteiger partial charge in [0.1, 0.15) is 5.75 Å². The Hall–Kier alpha value is -2.34. The van der Waals surface area contributed by atoms with Gasteiger partial charge in [-0.1, -0.05) is 35.5 Å². The average molecular weight is 340 g/mol. The fraction of sp³-hybridized carbons (Fsp3) is 0.278. The lowest BCUT2D eigenvalue weighted by Gasteiger charge is -2.10. The fourth-order valence-corrected chi connectivity index (χ4v) is 3.54. The third kappa shape index (κ3) is 3.59. The average Bonchev–Trinajstić information content (AvgIpc) is 3.00. The molecule has 124 valence electrons. The molecule has 2 aromatic carbocycles. The van der Waals surface area contributed by atoms with Crippen molar-refractivity contribution in [3.05, 3.63) is 58.7 Å². The molecule has 0 radical (unpaired) electrons. The number of tetrazole rings is 1. The van der Waals surface area contributed by atoms with Gasteiger partial charge < -0.3 is 4.74 Å². The highest BCUT2D eigenvalue weighted by Gasteiger charge is 2.12. The van der Waals surface area contributed by atoms with E-state index in [4.69, 9.17) is 4.74 Å². The molecule has 0 amide bonds. The van der Waals surface area contributed by atoms with E-state index in [9.17, 15) is 0 Å². The lowest BCUT2D eigenvalue weighted by atomic mass is 10.1. The van der Waals surface area contributed by atoms with E-state index < -0.39 is 0 Å². The summed E-state index contributed by atoms with van der Waals surface area (Å²) in [5, 5.41) is 12.9. The van der Waals surface area contributed by atoms with Crippen LogP contribution < -0.4 is 4.74 Å². The van der Waals surface area contributed by atoms with Crippen molar-refractivity contribution >= 4 is 11.8 Å². The number of hydrogen-bond acceptors (Lipinski definition) is 5. The van der Waals surface area contributed by atoms with Crippen LogP contribution in [0.1, 0.15) is 22.3 Å². The summed E-state index contributed by atoms with van der Waals surface area (Å²) >= 11 is 1.60. The Kier molecular flexibility index (Phi) is 4.85. The lowest BCUT2D eigenvalue weighted by Crippen LogP contribution is -2.00. The van der Waals surface area contributed by atoms with Gasteiger partial charge in [0.05, 0.1) is 12.8 Å². The first-order valence-electron chi connectivity index (χ1n) is 7.70. The molecule has 0 saturated carbocycles. The SMILES string of the molecule is COc1ccc(C)cc1CSc1nnnn1-c1cc(C)cc(C)c1. The molecule has 0 atom stereocenters. The van der Waals surface area contributed by atoms with Crippen LogP contribution in [0.5, 0.6) is 5.75 Å². The second-order valence-electron chi connectivity index (χ2n) is 5.82. The molecule has 6 heteroatoms. The van der Waals surface area contributed by atoms with Crippen molar-refractivity contribution < 1.29 is 4.74 Å². The van der Waals surface area contributed by atoms with E-state index in [1.54, 1.807) is 23.6 Å². The molecule has 0 N–H and O–H groups in total. The normalized spacial score (nSPS) is 10.8. The molecule has 0 spiro atoms. The van der Waals surface area contributed by atoms with Gasteiger partial charge in [0.25, 0.3) is 0 Å². The summed E-state index contributed by atoms with van der Waals surface area (Å²) < 4.78 is 7.23. The van der Waals surface area contributed by atoms with E-state index in [0.29, 0.717) is 0 Å². The van der Waals surface area contributed by atoms with Gasteiger partial charge in [0, 0.05) is 11.3 Å². The minimum absolute atomic E-state index is 0.746. The Bertz CT molecular complexity index is 840. The summed E-state index contributed by atoms with van der Waals surface area (Å²) in [6.45, 7) is 6.23. The van der Waals surface area contributed by atoms with E-state index in [2.05, 4.69) is 60.6 Å². The maximum atomic E-state index is 5.44. The summed E-state index contributed by atoms with van der Waals surface area (Å²) in [6, 6.07) is 12.5. The first-order chi connectivity index (χ1) is 11.6. The van der Waals surface area contributed by atoms with Gasteiger partial charge >= 0.3 is 0 Å². The molecule has 0 unspecified atom stereocenters. The van der Waals surface area contributed by atoms with Crippen LogP contribution >= 0.6 is 11.8 Å². The van der Waals surface area contributed by atoms with Crippen LogP contribution in [0, 0.1) is 20.8 Å². The maximum absolute atomic E-state index is 5.44. The van der Waals surface area contributed by atoms with E-state index in [1.807, 2.05) is 12.1 Å². The van der Waals surface area contributed by atoms with Crippen LogP contribution in [-0.4, -0.2) is 27.3 Å². The first kappa shape index (κ1) is 16.5. The van der Waals surface area contributed by atoms with Crippen LogP contribution in [0.25, 0.3) is 5.69 Å². The Morgan fingerprint density at radius 3 is 2.46 bits per heavy atom. The van der Waals surface area contributed by atoms with Crippen molar-refractivity contribution in [2.24, 2.45) is 0 Å². The minimum atomic E-state index is 0.746. The Morgan fingerprint density at radius 2 is 1.75 bits per heavy atom. The van der Waals surface area contributed by atoms with Gasteiger partial charge in [0.2, 0.25) is 5.16 Å². The first-order valence-corrected chi connectivity index (χ1v) is 8.69. The van der Waals surface area contributed by atoms with Crippen molar-refractivity contribution in [3.8, 4) is 11.4 Å². The Labute approximate surface area is 146 Å². The molecular weight excluding hydrogens is 320 g/mol. The summed E-state index contributed by atoms with van der Waals surface area (Å²) in [5.41, 5.74) is 5.71. The number of aromatic nitrogens is 4. The van der Waals surface area contributed by atoms with Crippen LogP contribution in [-0.2, 0) is 5.75 Å². The summed E-state index contributed by atoms with van der Waals surface area (Å²) in [7, 11) is 1.69. The zero-order chi connectivity index (χ0) is 17.1. The molecule has 0 saturated heterocycles. The number of thioether (sulfide) groups is 1. The smallest absolute Gasteiger partial charge is 0.214 e. The number of aryl methyl sites for hydroxylation is 3. The molecule has 24 heavy (non-hydrogen) atoms. The monoisotopic (exact) mass is 340 g/mol. The largest absolute Gasteiger partial charge is 0.496 e. The topological polar surface area (TPSA) is 52.8 Å². The zero-order valence-corrected chi connectivity index (χ0v) is 15.1. The highest BCUT2D eigenvalue weighted by atomic mass is 32.2. The van der Waals surface area contributed by atoms with Crippen molar-refractivity contribution in [2.45, 2.75) is 31.7 Å². The van der Waals surface area contributed by atoms with E-state index in [-0.39, 0.29) is 0 Å². The van der Waals surface area contributed by atoms with Gasteiger partial charge in [-0.2, -0.15) is 4.68 Å². The highest BCUT2D eigenvalue weighted by molar-refractivity contribution is 7.98. The van der Waals surface area contributed by atoms with Gasteiger partial charge in [-0.15, -0.1) is 5.10 Å². The molecule has 0 fully saturated rings. The fourth-order valence-electron chi connectivity index (χ4n) is 2.67. The minimum Gasteiger partial charge on any atom is -0.496 e. The summed E-state index contributed by atoms with van der Waals surface area (Å²) in [4.78, 5) is 0. The van der Waals surface area contributed by atoms with Gasteiger partial charge in [-0.05, 0) is 60.5 Å². The molecule has 5 nitrogen and oxygen atoms in total. The summed E-state index contributed by atoms with van der Waals surface area (Å²) in [6.07, 6.45) is 0. The van der Waals surface area contributed by atoms with Crippen molar-refractivity contribution in [1.82, 2.24) is 20.2 Å².